The highest BCUT2D eigenvalue weighted by molar-refractivity contribution is 6.05. The standard InChI is InChI=1S/C21H21N3O3/c1-14(2)27-18-11-5-15(6-12-18)21(26)24-19-4-3-13-22-20(19)23-16-7-9-17(25)10-8-16/h3-14,25H,1-2H3,(H,22,23)(H,24,26). The smallest absolute Gasteiger partial charge is 0.255 e. The van der Waals surface area contributed by atoms with Crippen LogP contribution in [0.1, 0.15) is 24.2 Å². The van der Waals surface area contributed by atoms with Crippen LogP contribution in [0.25, 0.3) is 0 Å². The zero-order chi connectivity index (χ0) is 19.2. The quantitative estimate of drug-likeness (QED) is 0.559. The highest BCUT2D eigenvalue weighted by atomic mass is 16.5. The van der Waals surface area contributed by atoms with E-state index in [1.165, 1.54) is 0 Å². The molecule has 1 amide bonds. The molecule has 0 fully saturated rings. The van der Waals surface area contributed by atoms with Crippen molar-refractivity contribution in [1.82, 2.24) is 4.98 Å². The van der Waals surface area contributed by atoms with Crippen LogP contribution in [0.2, 0.25) is 0 Å². The van der Waals surface area contributed by atoms with E-state index < -0.39 is 0 Å². The highest BCUT2D eigenvalue weighted by Gasteiger charge is 2.11. The van der Waals surface area contributed by atoms with E-state index in [1.807, 2.05) is 13.8 Å². The third-order valence-electron chi connectivity index (χ3n) is 3.67. The molecule has 0 atom stereocenters. The molecule has 0 radical (unpaired) electrons. The Labute approximate surface area is 157 Å². The molecule has 3 N–H and O–H groups in total. The summed E-state index contributed by atoms with van der Waals surface area (Å²) in [5, 5.41) is 15.4. The van der Waals surface area contributed by atoms with Gasteiger partial charge in [0.05, 0.1) is 11.8 Å². The van der Waals surface area contributed by atoms with E-state index in [0.29, 0.717) is 17.1 Å². The predicted octanol–water partition coefficient (Wildman–Crippen LogP) is 4.57. The summed E-state index contributed by atoms with van der Waals surface area (Å²) in [6, 6.07) is 17.1. The molecule has 0 bridgehead atoms. The maximum Gasteiger partial charge on any atom is 0.255 e. The number of amides is 1. The molecule has 0 aliphatic rings. The van der Waals surface area contributed by atoms with Crippen molar-refractivity contribution in [2.24, 2.45) is 0 Å². The molecule has 1 heterocycles. The van der Waals surface area contributed by atoms with E-state index in [-0.39, 0.29) is 17.8 Å². The van der Waals surface area contributed by atoms with Crippen LogP contribution in [0.4, 0.5) is 17.2 Å². The van der Waals surface area contributed by atoms with Gasteiger partial charge in [-0.05, 0) is 74.5 Å². The summed E-state index contributed by atoms with van der Waals surface area (Å²) in [6.45, 7) is 3.90. The maximum atomic E-state index is 12.6. The Hall–Kier alpha value is -3.54. The van der Waals surface area contributed by atoms with Crippen molar-refractivity contribution in [2.45, 2.75) is 20.0 Å². The number of pyridine rings is 1. The van der Waals surface area contributed by atoms with Gasteiger partial charge in [-0.2, -0.15) is 0 Å². The number of aromatic hydroxyl groups is 1. The lowest BCUT2D eigenvalue weighted by atomic mass is 10.2. The number of benzene rings is 2. The minimum absolute atomic E-state index is 0.0774. The second kappa shape index (κ2) is 8.23. The Balaban J connectivity index is 1.73. The van der Waals surface area contributed by atoms with Gasteiger partial charge in [0.25, 0.3) is 5.91 Å². The molecule has 27 heavy (non-hydrogen) atoms. The van der Waals surface area contributed by atoms with Gasteiger partial charge in [-0.15, -0.1) is 0 Å². The second-order valence-corrected chi connectivity index (χ2v) is 6.22. The number of nitrogens with zero attached hydrogens (tertiary/aromatic N) is 1. The van der Waals surface area contributed by atoms with Gasteiger partial charge in [-0.25, -0.2) is 4.98 Å². The third-order valence-corrected chi connectivity index (χ3v) is 3.67. The third kappa shape index (κ3) is 4.98. The Kier molecular flexibility index (Phi) is 5.56. The summed E-state index contributed by atoms with van der Waals surface area (Å²) in [5.74, 6) is 1.17. The minimum Gasteiger partial charge on any atom is -0.508 e. The first-order valence-corrected chi connectivity index (χ1v) is 8.60. The number of carbonyl (C=O) groups excluding carboxylic acids is 1. The molecule has 0 saturated heterocycles. The molecule has 6 nitrogen and oxygen atoms in total. The molecule has 6 heteroatoms. The number of phenols is 1. The zero-order valence-corrected chi connectivity index (χ0v) is 15.1. The molecule has 138 valence electrons. The van der Waals surface area contributed by atoms with Crippen molar-refractivity contribution in [1.29, 1.82) is 0 Å². The van der Waals surface area contributed by atoms with Crippen LogP contribution >= 0.6 is 0 Å². The molecule has 0 saturated carbocycles. The summed E-state index contributed by atoms with van der Waals surface area (Å²) >= 11 is 0. The van der Waals surface area contributed by atoms with Gasteiger partial charge in [-0.1, -0.05) is 0 Å². The van der Waals surface area contributed by atoms with Crippen molar-refractivity contribution in [2.75, 3.05) is 10.6 Å². The first kappa shape index (κ1) is 18.3. The van der Waals surface area contributed by atoms with E-state index >= 15 is 0 Å². The van der Waals surface area contributed by atoms with Gasteiger partial charge in [0, 0.05) is 17.4 Å². The van der Waals surface area contributed by atoms with Crippen LogP contribution < -0.4 is 15.4 Å². The van der Waals surface area contributed by atoms with Gasteiger partial charge in [0.2, 0.25) is 0 Å². The molecule has 0 unspecified atom stereocenters. The molecule has 0 aliphatic carbocycles. The fraction of sp³-hybridized carbons (Fsp3) is 0.143. The van der Waals surface area contributed by atoms with Crippen LogP contribution in [-0.4, -0.2) is 22.1 Å². The van der Waals surface area contributed by atoms with Crippen molar-refractivity contribution in [3.63, 3.8) is 0 Å². The summed E-state index contributed by atoms with van der Waals surface area (Å²) < 4.78 is 5.59. The average molecular weight is 363 g/mol. The zero-order valence-electron chi connectivity index (χ0n) is 15.1. The first-order valence-electron chi connectivity index (χ1n) is 8.60. The van der Waals surface area contributed by atoms with Crippen LogP contribution in [0.3, 0.4) is 0 Å². The number of nitrogens with one attached hydrogen (secondary N) is 2. The Morgan fingerprint density at radius 3 is 2.41 bits per heavy atom. The predicted molar refractivity (Wildman–Crippen MR) is 106 cm³/mol. The molecule has 0 aliphatic heterocycles. The largest absolute Gasteiger partial charge is 0.508 e. The minimum atomic E-state index is -0.243. The fourth-order valence-corrected chi connectivity index (χ4v) is 2.44. The molecule has 0 spiro atoms. The number of rotatable bonds is 6. The Bertz CT molecular complexity index is 907. The molecule has 3 rings (SSSR count). The monoisotopic (exact) mass is 363 g/mol. The number of phenolic OH excluding ortho intramolecular Hbond substituents is 1. The molecular weight excluding hydrogens is 342 g/mol. The van der Waals surface area contributed by atoms with Crippen LogP contribution in [-0.2, 0) is 0 Å². The molecule has 1 aromatic heterocycles. The van der Waals surface area contributed by atoms with E-state index in [9.17, 15) is 9.90 Å². The van der Waals surface area contributed by atoms with Crippen molar-refractivity contribution in [3.05, 3.63) is 72.4 Å². The Morgan fingerprint density at radius 2 is 1.74 bits per heavy atom. The van der Waals surface area contributed by atoms with Gasteiger partial charge in [0.15, 0.2) is 5.82 Å². The van der Waals surface area contributed by atoms with Gasteiger partial charge in [0.1, 0.15) is 11.5 Å². The van der Waals surface area contributed by atoms with E-state index in [0.717, 1.165) is 11.4 Å². The average Bonchev–Trinajstić information content (AvgIpc) is 2.65. The van der Waals surface area contributed by atoms with E-state index in [4.69, 9.17) is 4.74 Å². The van der Waals surface area contributed by atoms with Crippen LogP contribution in [0.5, 0.6) is 11.5 Å². The van der Waals surface area contributed by atoms with Crippen molar-refractivity contribution < 1.29 is 14.6 Å². The number of ether oxygens (including phenoxy) is 1. The van der Waals surface area contributed by atoms with E-state index in [1.54, 1.807) is 66.9 Å². The molecule has 3 aromatic rings. The SMILES string of the molecule is CC(C)Oc1ccc(C(=O)Nc2cccnc2Nc2ccc(O)cc2)cc1. The number of carbonyl (C=O) groups is 1. The second-order valence-electron chi connectivity index (χ2n) is 6.22. The topological polar surface area (TPSA) is 83.5 Å². The summed E-state index contributed by atoms with van der Waals surface area (Å²) in [4.78, 5) is 16.8. The summed E-state index contributed by atoms with van der Waals surface area (Å²) in [6.07, 6.45) is 1.71. The number of anilines is 3. The lowest BCUT2D eigenvalue weighted by Gasteiger charge is -2.13. The van der Waals surface area contributed by atoms with Gasteiger partial charge in [-0.3, -0.25) is 4.79 Å². The summed E-state index contributed by atoms with van der Waals surface area (Å²) in [5.41, 5.74) is 1.82. The van der Waals surface area contributed by atoms with E-state index in [2.05, 4.69) is 15.6 Å². The van der Waals surface area contributed by atoms with Crippen molar-refractivity contribution >= 4 is 23.1 Å². The first-order chi connectivity index (χ1) is 13.0. The van der Waals surface area contributed by atoms with Gasteiger partial charge >= 0.3 is 0 Å². The highest BCUT2D eigenvalue weighted by Crippen LogP contribution is 2.24. The molecular formula is C21H21N3O3. The van der Waals surface area contributed by atoms with Crippen LogP contribution in [0, 0.1) is 0 Å². The van der Waals surface area contributed by atoms with Gasteiger partial charge < -0.3 is 20.5 Å². The Morgan fingerprint density at radius 1 is 1.04 bits per heavy atom. The van der Waals surface area contributed by atoms with Crippen molar-refractivity contribution in [3.8, 4) is 11.5 Å². The summed E-state index contributed by atoms with van der Waals surface area (Å²) in [7, 11) is 0. The number of aromatic nitrogens is 1. The normalized spacial score (nSPS) is 10.5. The lowest BCUT2D eigenvalue weighted by Crippen LogP contribution is -2.13. The fourth-order valence-electron chi connectivity index (χ4n) is 2.44. The number of hydrogen-bond acceptors (Lipinski definition) is 5. The lowest BCUT2D eigenvalue weighted by molar-refractivity contribution is 0.102. The molecule has 2 aromatic carbocycles. The van der Waals surface area contributed by atoms with Crippen LogP contribution in [0.15, 0.2) is 66.9 Å². The number of hydrogen-bond donors (Lipinski definition) is 3. The maximum absolute atomic E-state index is 12.6.